The van der Waals surface area contributed by atoms with Crippen LogP contribution in [-0.4, -0.2) is 48.1 Å². The van der Waals surface area contributed by atoms with E-state index >= 15 is 0 Å². The summed E-state index contributed by atoms with van der Waals surface area (Å²) < 4.78 is 25.9. The van der Waals surface area contributed by atoms with Crippen LogP contribution >= 0.6 is 27.3 Å². The van der Waals surface area contributed by atoms with Gasteiger partial charge in [0.25, 0.3) is 5.56 Å². The van der Waals surface area contributed by atoms with E-state index in [1.807, 2.05) is 31.2 Å². The normalized spacial score (nSPS) is 15.2. The van der Waals surface area contributed by atoms with Gasteiger partial charge in [-0.15, -0.1) is 11.3 Å². The van der Waals surface area contributed by atoms with Crippen LogP contribution in [-0.2, 0) is 32.1 Å². The highest BCUT2D eigenvalue weighted by molar-refractivity contribution is 9.11. The van der Waals surface area contributed by atoms with Crippen LogP contribution in [0.25, 0.3) is 10.2 Å². The minimum atomic E-state index is -0.644. The zero-order valence-corrected chi connectivity index (χ0v) is 22.9. The Bertz CT molecular complexity index is 1360. The molecule has 1 saturated heterocycles. The first-order chi connectivity index (χ1) is 17.3. The standard InChI is InChI=1S/C25H29BrN2O7S/c1-4-34-20(29)14-27-23(30)21-15(2)22(26)36-24(21)28(25(27)31)13-19(35-16-9-11-33-12-10-16)17-7-5-6-8-18(17)32-3/h5-8,16,19H,4,9-14H2,1-3H3/t19-/m0/s1. The number of aryl methyl sites for hydroxylation is 1. The number of para-hydroxylation sites is 1. The SMILES string of the molecule is CCOC(=O)Cn1c(=O)c2c(C)c(Br)sc2n(C[C@H](OC2CCOCC2)c2ccccc2OC)c1=O. The molecule has 0 spiro atoms. The summed E-state index contributed by atoms with van der Waals surface area (Å²) in [5.74, 6) is -0.00322. The van der Waals surface area contributed by atoms with E-state index in [1.54, 1.807) is 14.0 Å². The average Bonchev–Trinajstić information content (AvgIpc) is 3.18. The molecule has 194 valence electrons. The molecule has 0 amide bonds. The predicted molar refractivity (Wildman–Crippen MR) is 140 cm³/mol. The van der Waals surface area contributed by atoms with Gasteiger partial charge in [0, 0.05) is 18.8 Å². The number of nitrogens with zero attached hydrogens (tertiary/aromatic N) is 2. The van der Waals surface area contributed by atoms with E-state index in [9.17, 15) is 14.4 Å². The molecule has 1 aromatic carbocycles. The molecule has 4 rings (SSSR count). The van der Waals surface area contributed by atoms with Gasteiger partial charge in [-0.25, -0.2) is 9.36 Å². The number of hydrogen-bond acceptors (Lipinski definition) is 8. The molecule has 1 fully saturated rings. The summed E-state index contributed by atoms with van der Waals surface area (Å²) in [6, 6.07) is 7.53. The summed E-state index contributed by atoms with van der Waals surface area (Å²) in [5.41, 5.74) is 0.398. The molecule has 9 nitrogen and oxygen atoms in total. The van der Waals surface area contributed by atoms with Crippen LogP contribution in [0.1, 0.15) is 37.0 Å². The second-order valence-electron chi connectivity index (χ2n) is 8.45. The summed E-state index contributed by atoms with van der Waals surface area (Å²) in [7, 11) is 1.59. The topological polar surface area (TPSA) is 98.0 Å². The van der Waals surface area contributed by atoms with Crippen LogP contribution in [0.5, 0.6) is 5.75 Å². The second-order valence-corrected chi connectivity index (χ2v) is 10.8. The van der Waals surface area contributed by atoms with E-state index in [4.69, 9.17) is 18.9 Å². The fourth-order valence-electron chi connectivity index (χ4n) is 4.36. The minimum Gasteiger partial charge on any atom is -0.496 e. The lowest BCUT2D eigenvalue weighted by atomic mass is 10.1. The van der Waals surface area contributed by atoms with Crippen LogP contribution in [0, 0.1) is 6.92 Å². The number of rotatable bonds is 9. The molecule has 2 aromatic heterocycles. The van der Waals surface area contributed by atoms with Crippen molar-refractivity contribution in [2.75, 3.05) is 26.9 Å². The fourth-order valence-corrected chi connectivity index (χ4v) is 6.05. The zero-order chi connectivity index (χ0) is 25.8. The van der Waals surface area contributed by atoms with Gasteiger partial charge in [-0.1, -0.05) is 18.2 Å². The summed E-state index contributed by atoms with van der Waals surface area (Å²) in [6.45, 7) is 4.51. The van der Waals surface area contributed by atoms with Gasteiger partial charge < -0.3 is 18.9 Å². The van der Waals surface area contributed by atoms with Gasteiger partial charge in [-0.3, -0.25) is 14.2 Å². The van der Waals surface area contributed by atoms with Crippen molar-refractivity contribution in [3.63, 3.8) is 0 Å². The molecule has 11 heteroatoms. The van der Waals surface area contributed by atoms with Gasteiger partial charge in [0.15, 0.2) is 0 Å². The fraction of sp³-hybridized carbons (Fsp3) is 0.480. The lowest BCUT2D eigenvalue weighted by Gasteiger charge is -2.29. The van der Waals surface area contributed by atoms with E-state index in [1.165, 1.54) is 15.9 Å². The molecule has 0 aliphatic carbocycles. The number of ether oxygens (including phenoxy) is 4. The van der Waals surface area contributed by atoms with Crippen LogP contribution in [0.15, 0.2) is 37.6 Å². The lowest BCUT2D eigenvalue weighted by Crippen LogP contribution is -2.42. The molecule has 1 aliphatic heterocycles. The number of fused-ring (bicyclic) bond motifs is 1. The Balaban J connectivity index is 1.86. The first-order valence-electron chi connectivity index (χ1n) is 11.8. The number of carbonyl (C=O) groups excluding carboxylic acids is 1. The maximum absolute atomic E-state index is 13.7. The molecule has 0 bridgehead atoms. The Morgan fingerprint density at radius 1 is 1.22 bits per heavy atom. The van der Waals surface area contributed by atoms with E-state index in [0.717, 1.165) is 26.8 Å². The third kappa shape index (κ3) is 5.44. The van der Waals surface area contributed by atoms with Crippen molar-refractivity contribution in [3.05, 3.63) is 60.0 Å². The highest BCUT2D eigenvalue weighted by Gasteiger charge is 2.27. The van der Waals surface area contributed by atoms with Gasteiger partial charge in [0.2, 0.25) is 0 Å². The third-order valence-electron chi connectivity index (χ3n) is 6.19. The highest BCUT2D eigenvalue weighted by Crippen LogP contribution is 2.35. The molecule has 0 radical (unpaired) electrons. The van der Waals surface area contributed by atoms with Crippen molar-refractivity contribution in [2.45, 2.75) is 52.0 Å². The van der Waals surface area contributed by atoms with E-state index in [0.29, 0.717) is 34.7 Å². The summed E-state index contributed by atoms with van der Waals surface area (Å²) in [5, 5.41) is 0.389. The number of hydrogen-bond donors (Lipinski definition) is 0. The summed E-state index contributed by atoms with van der Waals surface area (Å²) in [6.07, 6.45) is 0.881. The second kappa shape index (κ2) is 11.7. The number of methoxy groups -OCH3 is 1. The van der Waals surface area contributed by atoms with Crippen molar-refractivity contribution in [3.8, 4) is 5.75 Å². The quantitative estimate of drug-likeness (QED) is 0.355. The van der Waals surface area contributed by atoms with E-state index in [2.05, 4.69) is 15.9 Å². The van der Waals surface area contributed by atoms with Crippen molar-refractivity contribution in [1.29, 1.82) is 0 Å². The Morgan fingerprint density at radius 3 is 2.64 bits per heavy atom. The van der Waals surface area contributed by atoms with Crippen molar-refractivity contribution < 1.29 is 23.7 Å². The van der Waals surface area contributed by atoms with Crippen LogP contribution in [0.4, 0.5) is 0 Å². The monoisotopic (exact) mass is 580 g/mol. The van der Waals surface area contributed by atoms with Crippen LogP contribution < -0.4 is 16.0 Å². The molecule has 0 N–H and O–H groups in total. The molecule has 1 aliphatic rings. The van der Waals surface area contributed by atoms with Crippen LogP contribution in [0.3, 0.4) is 0 Å². The van der Waals surface area contributed by atoms with Gasteiger partial charge >= 0.3 is 11.7 Å². The molecular formula is C25H29BrN2O7S. The summed E-state index contributed by atoms with van der Waals surface area (Å²) in [4.78, 5) is 39.8. The number of halogens is 1. The van der Waals surface area contributed by atoms with Gasteiger partial charge in [0.1, 0.15) is 23.2 Å². The Morgan fingerprint density at radius 2 is 1.94 bits per heavy atom. The maximum Gasteiger partial charge on any atom is 0.332 e. The highest BCUT2D eigenvalue weighted by atomic mass is 79.9. The molecule has 36 heavy (non-hydrogen) atoms. The Labute approximate surface area is 220 Å². The van der Waals surface area contributed by atoms with E-state index in [-0.39, 0.29) is 19.3 Å². The number of thiophene rings is 1. The maximum atomic E-state index is 13.7. The number of carbonyl (C=O) groups is 1. The Kier molecular flexibility index (Phi) is 8.66. The zero-order valence-electron chi connectivity index (χ0n) is 20.5. The van der Waals surface area contributed by atoms with Gasteiger partial charge in [0.05, 0.1) is 35.5 Å². The third-order valence-corrected chi connectivity index (χ3v) is 8.37. The van der Waals surface area contributed by atoms with Crippen molar-refractivity contribution >= 4 is 43.5 Å². The molecule has 0 saturated carbocycles. The molecular weight excluding hydrogens is 552 g/mol. The smallest absolute Gasteiger partial charge is 0.332 e. The van der Waals surface area contributed by atoms with Gasteiger partial charge in [-0.05, 0) is 54.2 Å². The van der Waals surface area contributed by atoms with Crippen molar-refractivity contribution in [1.82, 2.24) is 9.13 Å². The molecule has 1 atom stereocenters. The lowest BCUT2D eigenvalue weighted by molar-refractivity contribution is -0.143. The Hall–Kier alpha value is -2.47. The van der Waals surface area contributed by atoms with Crippen molar-refractivity contribution in [2.24, 2.45) is 0 Å². The number of benzene rings is 1. The number of esters is 1. The van der Waals surface area contributed by atoms with Gasteiger partial charge in [-0.2, -0.15) is 0 Å². The number of aromatic nitrogens is 2. The summed E-state index contributed by atoms with van der Waals surface area (Å²) >= 11 is 4.82. The average molecular weight is 581 g/mol. The molecule has 3 heterocycles. The first-order valence-corrected chi connectivity index (χ1v) is 13.4. The molecule has 3 aromatic rings. The van der Waals surface area contributed by atoms with Crippen LogP contribution in [0.2, 0.25) is 0 Å². The molecule has 0 unspecified atom stereocenters. The first kappa shape index (κ1) is 26.6. The largest absolute Gasteiger partial charge is 0.496 e. The predicted octanol–water partition coefficient (Wildman–Crippen LogP) is 3.80. The minimum absolute atomic E-state index is 0.0536. The van der Waals surface area contributed by atoms with E-state index < -0.39 is 29.9 Å².